The van der Waals surface area contributed by atoms with E-state index in [9.17, 15) is 9.59 Å². The number of carboxylic acids is 1. The fourth-order valence-corrected chi connectivity index (χ4v) is 1.14. The third kappa shape index (κ3) is 5.93. The van der Waals surface area contributed by atoms with Gasteiger partial charge in [0.1, 0.15) is 6.04 Å². The third-order valence-corrected chi connectivity index (χ3v) is 2.21. The van der Waals surface area contributed by atoms with Crippen LogP contribution in [0.15, 0.2) is 0 Å². The second kappa shape index (κ2) is 7.75. The van der Waals surface area contributed by atoms with E-state index in [0.717, 1.165) is 6.42 Å². The Balaban J connectivity index is 3.90. The number of hydrogen-bond acceptors (Lipinski definition) is 3. The molecule has 0 fully saturated rings. The number of unbranched alkanes of at least 4 members (excludes halogenated alkanes) is 1. The van der Waals surface area contributed by atoms with E-state index in [-0.39, 0.29) is 11.2 Å². The first-order valence-electron chi connectivity index (χ1n) is 4.40. The fraction of sp³-hybridized carbons (Fsp3) is 0.750. The number of aliphatic carboxylic acids is 1. The number of halogens is 1. The Labute approximate surface area is 91.2 Å². The zero-order valence-electron chi connectivity index (χ0n) is 7.83. The lowest BCUT2D eigenvalue weighted by molar-refractivity contribution is -0.141. The number of nitrogens with two attached hydrogens (primary N) is 1. The van der Waals surface area contributed by atoms with E-state index in [2.05, 4.69) is 21.2 Å². The van der Waals surface area contributed by atoms with Crippen LogP contribution in [0.3, 0.4) is 0 Å². The first-order valence-corrected chi connectivity index (χ1v) is 5.52. The number of rotatable bonds is 7. The molecule has 0 aromatic carbocycles. The van der Waals surface area contributed by atoms with Crippen molar-refractivity contribution < 1.29 is 14.7 Å². The molecule has 0 aromatic heterocycles. The molecule has 0 heterocycles. The quantitative estimate of drug-likeness (QED) is 0.450. The van der Waals surface area contributed by atoms with Crippen molar-refractivity contribution in [2.45, 2.75) is 25.3 Å². The van der Waals surface area contributed by atoms with Crippen molar-refractivity contribution in [1.82, 2.24) is 5.32 Å². The van der Waals surface area contributed by atoms with Gasteiger partial charge in [0.25, 0.3) is 0 Å². The van der Waals surface area contributed by atoms with Crippen molar-refractivity contribution in [1.29, 1.82) is 0 Å². The summed E-state index contributed by atoms with van der Waals surface area (Å²) in [5, 5.41) is 11.3. The number of alkyl halides is 1. The lowest BCUT2D eigenvalue weighted by Crippen LogP contribution is -2.41. The van der Waals surface area contributed by atoms with Crippen molar-refractivity contribution >= 4 is 27.8 Å². The minimum atomic E-state index is -1.00. The predicted molar refractivity (Wildman–Crippen MR) is 56.3 cm³/mol. The Morgan fingerprint density at radius 2 is 2.07 bits per heavy atom. The van der Waals surface area contributed by atoms with Crippen molar-refractivity contribution in [3.63, 3.8) is 0 Å². The minimum Gasteiger partial charge on any atom is -0.480 e. The molecule has 0 unspecified atom stereocenters. The summed E-state index contributed by atoms with van der Waals surface area (Å²) in [5.74, 6) is -1.32. The van der Waals surface area contributed by atoms with E-state index in [1.165, 1.54) is 0 Å². The maximum Gasteiger partial charge on any atom is 0.326 e. The molecule has 0 spiro atoms. The molecule has 14 heavy (non-hydrogen) atoms. The number of carbonyl (C=O) groups is 2. The second-order valence-corrected chi connectivity index (χ2v) is 3.44. The summed E-state index contributed by atoms with van der Waals surface area (Å²) < 4.78 is 0. The Bertz CT molecular complexity index is 199. The molecule has 0 aliphatic carbocycles. The van der Waals surface area contributed by atoms with E-state index < -0.39 is 12.0 Å². The SMILES string of the molecule is NCCCC[C@H](NC(=O)CBr)C(=O)O. The zero-order chi connectivity index (χ0) is 11.0. The van der Waals surface area contributed by atoms with Gasteiger partial charge >= 0.3 is 5.97 Å². The highest BCUT2D eigenvalue weighted by Gasteiger charge is 2.18. The zero-order valence-corrected chi connectivity index (χ0v) is 9.42. The summed E-state index contributed by atoms with van der Waals surface area (Å²) in [6.07, 6.45) is 1.90. The van der Waals surface area contributed by atoms with Crippen LogP contribution in [0.2, 0.25) is 0 Å². The highest BCUT2D eigenvalue weighted by molar-refractivity contribution is 9.09. The molecule has 82 valence electrons. The molecule has 6 heteroatoms. The van der Waals surface area contributed by atoms with Gasteiger partial charge in [-0.2, -0.15) is 0 Å². The van der Waals surface area contributed by atoms with Gasteiger partial charge in [0.2, 0.25) is 5.91 Å². The summed E-state index contributed by atoms with van der Waals surface area (Å²) in [7, 11) is 0. The van der Waals surface area contributed by atoms with Gasteiger partial charge in [-0.05, 0) is 25.8 Å². The number of carboxylic acid groups (broad SMARTS) is 1. The second-order valence-electron chi connectivity index (χ2n) is 2.88. The van der Waals surface area contributed by atoms with Crippen LogP contribution >= 0.6 is 15.9 Å². The number of hydrogen-bond donors (Lipinski definition) is 3. The van der Waals surface area contributed by atoms with Gasteiger partial charge in [-0.15, -0.1) is 0 Å². The highest BCUT2D eigenvalue weighted by atomic mass is 79.9. The molecule has 1 atom stereocenters. The maximum atomic E-state index is 10.9. The first-order chi connectivity index (χ1) is 6.61. The van der Waals surface area contributed by atoms with E-state index in [1.807, 2.05) is 0 Å². The van der Waals surface area contributed by atoms with Crippen molar-refractivity contribution in [3.8, 4) is 0 Å². The van der Waals surface area contributed by atoms with Crippen LogP contribution in [0.1, 0.15) is 19.3 Å². The van der Waals surface area contributed by atoms with Crippen LogP contribution in [0.5, 0.6) is 0 Å². The summed E-state index contributed by atoms with van der Waals surface area (Å²) in [6.45, 7) is 0.540. The smallest absolute Gasteiger partial charge is 0.326 e. The largest absolute Gasteiger partial charge is 0.480 e. The normalized spacial score (nSPS) is 12.1. The lowest BCUT2D eigenvalue weighted by atomic mass is 10.1. The van der Waals surface area contributed by atoms with Crippen LogP contribution in [-0.4, -0.2) is 34.9 Å². The molecule has 0 aliphatic rings. The standard InChI is InChI=1S/C8H15BrN2O3/c9-5-7(12)11-6(8(13)14)3-1-2-4-10/h6H,1-5,10H2,(H,11,12)(H,13,14)/t6-/m0/s1. The van der Waals surface area contributed by atoms with E-state index >= 15 is 0 Å². The number of amides is 1. The van der Waals surface area contributed by atoms with Gasteiger partial charge in [0, 0.05) is 0 Å². The Morgan fingerprint density at radius 3 is 2.50 bits per heavy atom. The van der Waals surface area contributed by atoms with Crippen molar-refractivity contribution in [2.75, 3.05) is 11.9 Å². The minimum absolute atomic E-state index is 0.119. The molecule has 0 saturated heterocycles. The molecule has 0 bridgehead atoms. The maximum absolute atomic E-state index is 10.9. The molecular weight excluding hydrogens is 252 g/mol. The molecule has 0 saturated carbocycles. The van der Waals surface area contributed by atoms with E-state index in [4.69, 9.17) is 10.8 Å². The predicted octanol–water partition coefficient (Wildman–Crippen LogP) is 0.0797. The highest BCUT2D eigenvalue weighted by Crippen LogP contribution is 2.00. The van der Waals surface area contributed by atoms with E-state index in [1.54, 1.807) is 0 Å². The summed E-state index contributed by atoms with van der Waals surface area (Å²) in [4.78, 5) is 21.6. The number of carbonyl (C=O) groups excluding carboxylic acids is 1. The molecule has 1 amide bonds. The van der Waals surface area contributed by atoms with Crippen LogP contribution in [0.4, 0.5) is 0 Å². The average molecular weight is 267 g/mol. The van der Waals surface area contributed by atoms with E-state index in [0.29, 0.717) is 19.4 Å². The molecule has 0 aliphatic heterocycles. The van der Waals surface area contributed by atoms with Crippen molar-refractivity contribution in [3.05, 3.63) is 0 Å². The molecular formula is C8H15BrN2O3. The molecule has 5 nitrogen and oxygen atoms in total. The number of nitrogens with one attached hydrogen (secondary N) is 1. The Kier molecular flexibility index (Phi) is 7.41. The van der Waals surface area contributed by atoms with Gasteiger partial charge < -0.3 is 16.2 Å². The molecule has 0 aromatic rings. The molecule has 0 rings (SSSR count). The van der Waals surface area contributed by atoms with Gasteiger partial charge in [0.05, 0.1) is 5.33 Å². The van der Waals surface area contributed by atoms with Gasteiger partial charge in [-0.1, -0.05) is 15.9 Å². The molecule has 4 N–H and O–H groups in total. The van der Waals surface area contributed by atoms with Crippen LogP contribution in [-0.2, 0) is 9.59 Å². The third-order valence-electron chi connectivity index (χ3n) is 1.70. The summed E-state index contributed by atoms with van der Waals surface area (Å²) >= 11 is 2.95. The first kappa shape index (κ1) is 13.4. The van der Waals surface area contributed by atoms with Gasteiger partial charge in [-0.3, -0.25) is 4.79 Å². The van der Waals surface area contributed by atoms with Gasteiger partial charge in [-0.25, -0.2) is 4.79 Å². The van der Waals surface area contributed by atoms with Crippen LogP contribution < -0.4 is 11.1 Å². The average Bonchev–Trinajstić information content (AvgIpc) is 2.16. The summed E-state index contributed by atoms with van der Waals surface area (Å²) in [5.41, 5.74) is 5.28. The van der Waals surface area contributed by atoms with Crippen molar-refractivity contribution in [2.24, 2.45) is 5.73 Å². The molecule has 0 radical (unpaired) electrons. The Hall–Kier alpha value is -0.620. The Morgan fingerprint density at radius 1 is 1.43 bits per heavy atom. The topological polar surface area (TPSA) is 92.4 Å². The lowest BCUT2D eigenvalue weighted by Gasteiger charge is -2.12. The fourth-order valence-electron chi connectivity index (χ4n) is 0.983. The summed E-state index contributed by atoms with van der Waals surface area (Å²) in [6, 6.07) is -0.799. The van der Waals surface area contributed by atoms with Crippen LogP contribution in [0.25, 0.3) is 0 Å². The van der Waals surface area contributed by atoms with Crippen LogP contribution in [0, 0.1) is 0 Å². The monoisotopic (exact) mass is 266 g/mol. The van der Waals surface area contributed by atoms with Gasteiger partial charge in [0.15, 0.2) is 0 Å².